The summed E-state index contributed by atoms with van der Waals surface area (Å²) < 4.78 is 1.75. The molecule has 0 aliphatic rings. The fraction of sp³-hybridized carbons (Fsp3) is 0.118. The maximum Gasteiger partial charge on any atom is 0.108 e. The largest absolute Gasteiger partial charge is 0.384 e. The average Bonchev–Trinajstić information content (AvgIpc) is 2.90. The fourth-order valence-electron chi connectivity index (χ4n) is 2.44. The van der Waals surface area contributed by atoms with Crippen molar-refractivity contribution >= 4 is 23.2 Å². The third-order valence-electron chi connectivity index (χ3n) is 3.57. The number of aryl methyl sites for hydroxylation is 1. The smallest absolute Gasteiger partial charge is 0.108 e. The Balaban J connectivity index is 2.05. The van der Waals surface area contributed by atoms with Crippen LogP contribution in [0.15, 0.2) is 54.7 Å². The van der Waals surface area contributed by atoms with Crippen molar-refractivity contribution in [1.82, 2.24) is 9.78 Å². The molecule has 1 N–H and O–H groups in total. The molecule has 0 aliphatic carbocycles. The van der Waals surface area contributed by atoms with Crippen molar-refractivity contribution < 1.29 is 5.11 Å². The molecule has 1 heterocycles. The van der Waals surface area contributed by atoms with E-state index >= 15 is 0 Å². The predicted octanol–water partition coefficient (Wildman–Crippen LogP) is 4.48. The summed E-state index contributed by atoms with van der Waals surface area (Å²) in [5.74, 6) is 0. The monoisotopic (exact) mass is 332 g/mol. The molecule has 5 heteroatoms. The lowest BCUT2D eigenvalue weighted by atomic mass is 9.99. The van der Waals surface area contributed by atoms with Gasteiger partial charge < -0.3 is 5.11 Å². The number of aliphatic hydroxyl groups excluding tert-OH is 1. The number of hydrogen-bond acceptors (Lipinski definition) is 2. The number of halogens is 2. The first-order valence-corrected chi connectivity index (χ1v) is 7.53. The highest BCUT2D eigenvalue weighted by atomic mass is 35.5. The second-order valence-corrected chi connectivity index (χ2v) is 5.91. The molecule has 3 aromatic rings. The van der Waals surface area contributed by atoms with E-state index in [1.807, 2.05) is 43.4 Å². The normalized spacial score (nSPS) is 12.4. The molecular formula is C17H14Cl2N2O. The van der Waals surface area contributed by atoms with Crippen LogP contribution in [0.5, 0.6) is 0 Å². The maximum absolute atomic E-state index is 10.7. The summed E-state index contributed by atoms with van der Waals surface area (Å²) in [6.45, 7) is 0. The zero-order valence-electron chi connectivity index (χ0n) is 11.9. The highest BCUT2D eigenvalue weighted by molar-refractivity contribution is 6.30. The number of nitrogens with zero attached hydrogens (tertiary/aromatic N) is 2. The summed E-state index contributed by atoms with van der Waals surface area (Å²) in [4.78, 5) is 0. The minimum atomic E-state index is -0.767. The van der Waals surface area contributed by atoms with Gasteiger partial charge in [-0.1, -0.05) is 47.5 Å². The van der Waals surface area contributed by atoms with Gasteiger partial charge in [0.05, 0.1) is 11.9 Å². The molecule has 1 unspecified atom stereocenters. The Kier molecular flexibility index (Phi) is 4.21. The van der Waals surface area contributed by atoms with E-state index in [4.69, 9.17) is 23.2 Å². The molecule has 0 fully saturated rings. The van der Waals surface area contributed by atoms with Crippen LogP contribution in [0.1, 0.15) is 17.2 Å². The molecule has 0 radical (unpaired) electrons. The lowest BCUT2D eigenvalue weighted by molar-refractivity contribution is 0.221. The Morgan fingerprint density at radius 3 is 2.09 bits per heavy atom. The van der Waals surface area contributed by atoms with Gasteiger partial charge in [0.15, 0.2) is 0 Å². The Morgan fingerprint density at radius 2 is 1.50 bits per heavy atom. The van der Waals surface area contributed by atoms with E-state index < -0.39 is 6.10 Å². The summed E-state index contributed by atoms with van der Waals surface area (Å²) in [6.07, 6.45) is 0.917. The standard InChI is InChI=1S/C17H14Cl2N2O/c1-21-16(11-2-6-13(18)7-3-11)15(10-20-21)17(22)12-4-8-14(19)9-5-12/h2-10,17,22H,1H3. The van der Waals surface area contributed by atoms with Crippen LogP contribution in [-0.2, 0) is 7.05 Å². The molecular weight excluding hydrogens is 319 g/mol. The third-order valence-corrected chi connectivity index (χ3v) is 4.07. The lowest BCUT2D eigenvalue weighted by Gasteiger charge is -2.13. The molecule has 2 aromatic carbocycles. The van der Waals surface area contributed by atoms with Gasteiger partial charge >= 0.3 is 0 Å². The Bertz CT molecular complexity index is 779. The van der Waals surface area contributed by atoms with Crippen LogP contribution in [0.2, 0.25) is 10.0 Å². The molecule has 0 aliphatic heterocycles. The topological polar surface area (TPSA) is 38.0 Å². The Morgan fingerprint density at radius 1 is 0.955 bits per heavy atom. The summed E-state index contributed by atoms with van der Waals surface area (Å²) in [7, 11) is 1.85. The molecule has 1 atom stereocenters. The van der Waals surface area contributed by atoms with Crippen molar-refractivity contribution in [2.24, 2.45) is 7.05 Å². The van der Waals surface area contributed by atoms with Crippen LogP contribution in [-0.4, -0.2) is 14.9 Å². The van der Waals surface area contributed by atoms with Gasteiger partial charge in [0.1, 0.15) is 6.10 Å². The second kappa shape index (κ2) is 6.13. The molecule has 0 bridgehead atoms. The molecule has 112 valence electrons. The zero-order chi connectivity index (χ0) is 15.7. The number of aliphatic hydroxyl groups is 1. The van der Waals surface area contributed by atoms with Crippen molar-refractivity contribution in [3.63, 3.8) is 0 Å². The van der Waals surface area contributed by atoms with Crippen molar-refractivity contribution in [3.8, 4) is 11.3 Å². The van der Waals surface area contributed by atoms with Gasteiger partial charge in [0, 0.05) is 28.2 Å². The summed E-state index contributed by atoms with van der Waals surface area (Å²) in [5, 5.41) is 16.3. The van der Waals surface area contributed by atoms with E-state index in [1.165, 1.54) is 0 Å². The number of benzene rings is 2. The Labute approximate surface area is 138 Å². The van der Waals surface area contributed by atoms with Crippen molar-refractivity contribution in [3.05, 3.63) is 75.9 Å². The maximum atomic E-state index is 10.7. The van der Waals surface area contributed by atoms with Crippen molar-refractivity contribution in [2.75, 3.05) is 0 Å². The van der Waals surface area contributed by atoms with E-state index in [-0.39, 0.29) is 0 Å². The van der Waals surface area contributed by atoms with E-state index in [0.29, 0.717) is 10.0 Å². The zero-order valence-corrected chi connectivity index (χ0v) is 13.4. The SMILES string of the molecule is Cn1ncc(C(O)c2ccc(Cl)cc2)c1-c1ccc(Cl)cc1. The summed E-state index contributed by atoms with van der Waals surface area (Å²) in [6, 6.07) is 14.6. The first-order valence-electron chi connectivity index (χ1n) is 6.77. The van der Waals surface area contributed by atoms with Gasteiger partial charge in [-0.3, -0.25) is 4.68 Å². The second-order valence-electron chi connectivity index (χ2n) is 5.03. The molecule has 3 nitrogen and oxygen atoms in total. The van der Waals surface area contributed by atoms with Crippen LogP contribution in [0, 0.1) is 0 Å². The van der Waals surface area contributed by atoms with Crippen LogP contribution >= 0.6 is 23.2 Å². The molecule has 22 heavy (non-hydrogen) atoms. The van der Waals surface area contributed by atoms with Crippen LogP contribution in [0.3, 0.4) is 0 Å². The van der Waals surface area contributed by atoms with E-state index in [2.05, 4.69) is 5.10 Å². The number of aromatic nitrogens is 2. The average molecular weight is 333 g/mol. The van der Waals surface area contributed by atoms with Gasteiger partial charge in [-0.2, -0.15) is 5.10 Å². The predicted molar refractivity (Wildman–Crippen MR) is 89.2 cm³/mol. The van der Waals surface area contributed by atoms with E-state index in [0.717, 1.165) is 22.4 Å². The molecule has 0 amide bonds. The van der Waals surface area contributed by atoms with Crippen LogP contribution in [0.25, 0.3) is 11.3 Å². The van der Waals surface area contributed by atoms with Crippen molar-refractivity contribution in [1.29, 1.82) is 0 Å². The van der Waals surface area contributed by atoms with Crippen molar-refractivity contribution in [2.45, 2.75) is 6.10 Å². The quantitative estimate of drug-likeness (QED) is 0.768. The van der Waals surface area contributed by atoms with E-state index in [1.54, 1.807) is 23.0 Å². The first kappa shape index (κ1) is 15.1. The molecule has 3 rings (SSSR count). The molecule has 1 aromatic heterocycles. The Hall–Kier alpha value is -1.81. The summed E-state index contributed by atoms with van der Waals surface area (Å²) >= 11 is 11.8. The van der Waals surface area contributed by atoms with Gasteiger partial charge in [0.25, 0.3) is 0 Å². The minimum Gasteiger partial charge on any atom is -0.384 e. The third kappa shape index (κ3) is 2.88. The minimum absolute atomic E-state index is 0.639. The van der Waals surface area contributed by atoms with Crippen LogP contribution in [0.4, 0.5) is 0 Å². The van der Waals surface area contributed by atoms with Gasteiger partial charge in [-0.05, 0) is 29.8 Å². The highest BCUT2D eigenvalue weighted by Gasteiger charge is 2.19. The molecule has 0 saturated heterocycles. The van der Waals surface area contributed by atoms with Gasteiger partial charge in [-0.25, -0.2) is 0 Å². The van der Waals surface area contributed by atoms with E-state index in [9.17, 15) is 5.11 Å². The summed E-state index contributed by atoms with van der Waals surface area (Å²) in [5.41, 5.74) is 3.33. The lowest BCUT2D eigenvalue weighted by Crippen LogP contribution is -2.02. The highest BCUT2D eigenvalue weighted by Crippen LogP contribution is 2.32. The fourth-order valence-corrected chi connectivity index (χ4v) is 2.69. The van der Waals surface area contributed by atoms with Crippen LogP contribution < -0.4 is 0 Å². The van der Waals surface area contributed by atoms with Gasteiger partial charge in [-0.15, -0.1) is 0 Å². The molecule has 0 spiro atoms. The first-order chi connectivity index (χ1) is 10.6. The number of rotatable bonds is 3. The van der Waals surface area contributed by atoms with Gasteiger partial charge in [0.2, 0.25) is 0 Å². The number of hydrogen-bond donors (Lipinski definition) is 1. The molecule has 0 saturated carbocycles.